The number of aromatic nitrogens is 1. The number of benzene rings is 3. The molecular formula is C25H24N4O. The first-order valence-electron chi connectivity index (χ1n) is 10.2. The Balaban J connectivity index is 1.49. The lowest BCUT2D eigenvalue weighted by atomic mass is 10.00. The fraction of sp³-hybridized carbons (Fsp3) is 0.160. The third kappa shape index (κ3) is 3.18. The van der Waals surface area contributed by atoms with Gasteiger partial charge in [0.25, 0.3) is 5.91 Å². The molecule has 5 nitrogen and oxygen atoms in total. The fourth-order valence-corrected chi connectivity index (χ4v) is 4.16. The number of fused-ring (bicyclic) bond motifs is 2. The van der Waals surface area contributed by atoms with Gasteiger partial charge in [-0.1, -0.05) is 24.3 Å². The molecule has 150 valence electrons. The molecule has 1 aliphatic rings. The van der Waals surface area contributed by atoms with Crippen LogP contribution in [-0.4, -0.2) is 23.5 Å². The Hall–Kier alpha value is -3.73. The van der Waals surface area contributed by atoms with Crippen LogP contribution in [0.5, 0.6) is 0 Å². The lowest BCUT2D eigenvalue weighted by Gasteiger charge is -2.23. The molecule has 0 saturated carbocycles. The van der Waals surface area contributed by atoms with Crippen LogP contribution in [0.25, 0.3) is 22.0 Å². The molecule has 1 aliphatic heterocycles. The summed E-state index contributed by atoms with van der Waals surface area (Å²) in [5.74, 6) is -0.0299. The highest BCUT2D eigenvalue weighted by atomic mass is 16.2. The molecule has 1 aromatic heterocycles. The Labute approximate surface area is 175 Å². The topological polar surface area (TPSA) is 74.2 Å². The molecule has 0 bridgehead atoms. The summed E-state index contributed by atoms with van der Waals surface area (Å²) in [6.07, 6.45) is 2.80. The van der Waals surface area contributed by atoms with Crippen LogP contribution in [0.3, 0.4) is 0 Å². The van der Waals surface area contributed by atoms with E-state index in [0.29, 0.717) is 23.8 Å². The predicted molar refractivity (Wildman–Crippen MR) is 124 cm³/mol. The van der Waals surface area contributed by atoms with Gasteiger partial charge in [0, 0.05) is 41.1 Å². The second kappa shape index (κ2) is 7.26. The van der Waals surface area contributed by atoms with E-state index in [1.807, 2.05) is 65.7 Å². The molecule has 0 fully saturated rings. The van der Waals surface area contributed by atoms with Gasteiger partial charge in [0.05, 0.1) is 11.4 Å². The van der Waals surface area contributed by atoms with E-state index in [4.69, 9.17) is 5.73 Å². The van der Waals surface area contributed by atoms with Crippen molar-refractivity contribution in [3.8, 4) is 11.1 Å². The standard InChI is InChI=1S/C25H24N4O/c1-16-11-13-29(24-5-3-2-4-23(24)28-16)25(30)19-6-8-20(21(26)15-19)17-7-9-22-18(14-17)10-12-27-22/h2-10,12,14-16,27-28H,11,13,26H2,1H3/t16-/m1/s1. The Morgan fingerprint density at radius 3 is 2.80 bits per heavy atom. The maximum atomic E-state index is 13.4. The number of hydrogen-bond acceptors (Lipinski definition) is 3. The van der Waals surface area contributed by atoms with E-state index in [1.165, 1.54) is 0 Å². The smallest absolute Gasteiger partial charge is 0.258 e. The van der Waals surface area contributed by atoms with Crippen LogP contribution in [0.15, 0.2) is 72.9 Å². The number of para-hydroxylation sites is 2. The normalized spacial score (nSPS) is 16.0. The third-order valence-corrected chi connectivity index (χ3v) is 5.79. The predicted octanol–water partition coefficient (Wildman–Crippen LogP) is 5.27. The van der Waals surface area contributed by atoms with Crippen molar-refractivity contribution in [3.63, 3.8) is 0 Å². The number of hydrogen-bond donors (Lipinski definition) is 3. The zero-order valence-corrected chi connectivity index (χ0v) is 16.9. The molecule has 4 aromatic rings. The Morgan fingerprint density at radius 2 is 1.93 bits per heavy atom. The molecule has 3 aromatic carbocycles. The first-order valence-corrected chi connectivity index (χ1v) is 10.2. The number of nitrogens with zero attached hydrogens (tertiary/aromatic N) is 1. The van der Waals surface area contributed by atoms with E-state index in [9.17, 15) is 4.79 Å². The summed E-state index contributed by atoms with van der Waals surface area (Å²) in [5.41, 5.74) is 12.6. The summed E-state index contributed by atoms with van der Waals surface area (Å²) in [5, 5.41) is 4.63. The molecule has 5 heteroatoms. The Bertz CT molecular complexity index is 1240. The molecule has 2 heterocycles. The second-order valence-corrected chi connectivity index (χ2v) is 7.89. The second-order valence-electron chi connectivity index (χ2n) is 7.89. The summed E-state index contributed by atoms with van der Waals surface area (Å²) in [6, 6.07) is 22.1. The van der Waals surface area contributed by atoms with Crippen molar-refractivity contribution in [2.75, 3.05) is 22.5 Å². The van der Waals surface area contributed by atoms with Crippen LogP contribution in [0, 0.1) is 0 Å². The zero-order chi connectivity index (χ0) is 20.7. The van der Waals surface area contributed by atoms with Crippen molar-refractivity contribution in [2.45, 2.75) is 19.4 Å². The summed E-state index contributed by atoms with van der Waals surface area (Å²) < 4.78 is 0. The monoisotopic (exact) mass is 396 g/mol. The number of nitrogen functional groups attached to an aromatic ring is 1. The third-order valence-electron chi connectivity index (χ3n) is 5.79. The zero-order valence-electron chi connectivity index (χ0n) is 16.9. The van der Waals surface area contributed by atoms with Crippen LogP contribution >= 0.6 is 0 Å². The number of carbonyl (C=O) groups excluding carboxylic acids is 1. The molecule has 5 rings (SSSR count). The minimum atomic E-state index is -0.0299. The molecule has 1 atom stereocenters. The Morgan fingerprint density at radius 1 is 1.07 bits per heavy atom. The van der Waals surface area contributed by atoms with E-state index in [1.54, 1.807) is 6.07 Å². The maximum Gasteiger partial charge on any atom is 0.258 e. The number of H-pyrrole nitrogens is 1. The lowest BCUT2D eigenvalue weighted by molar-refractivity contribution is 0.0987. The highest BCUT2D eigenvalue weighted by Crippen LogP contribution is 2.33. The van der Waals surface area contributed by atoms with Crippen molar-refractivity contribution in [1.29, 1.82) is 0 Å². The van der Waals surface area contributed by atoms with Gasteiger partial charge in [-0.15, -0.1) is 0 Å². The number of aromatic amines is 1. The van der Waals surface area contributed by atoms with E-state index in [2.05, 4.69) is 23.3 Å². The van der Waals surface area contributed by atoms with Gasteiger partial charge in [0.1, 0.15) is 0 Å². The highest BCUT2D eigenvalue weighted by molar-refractivity contribution is 6.09. The molecule has 0 spiro atoms. The van der Waals surface area contributed by atoms with E-state index >= 15 is 0 Å². The highest BCUT2D eigenvalue weighted by Gasteiger charge is 2.24. The van der Waals surface area contributed by atoms with Gasteiger partial charge in [-0.2, -0.15) is 0 Å². The molecule has 0 radical (unpaired) electrons. The van der Waals surface area contributed by atoms with Crippen molar-refractivity contribution in [2.24, 2.45) is 0 Å². The van der Waals surface area contributed by atoms with Crippen LogP contribution < -0.4 is 16.0 Å². The maximum absolute atomic E-state index is 13.4. The van der Waals surface area contributed by atoms with Crippen LogP contribution in [0.2, 0.25) is 0 Å². The number of rotatable bonds is 2. The van der Waals surface area contributed by atoms with Crippen molar-refractivity contribution >= 4 is 33.9 Å². The first kappa shape index (κ1) is 18.3. The van der Waals surface area contributed by atoms with Crippen LogP contribution in [0.1, 0.15) is 23.7 Å². The van der Waals surface area contributed by atoms with E-state index < -0.39 is 0 Å². The van der Waals surface area contributed by atoms with Crippen molar-refractivity contribution in [3.05, 3.63) is 78.5 Å². The van der Waals surface area contributed by atoms with Gasteiger partial charge < -0.3 is 20.9 Å². The van der Waals surface area contributed by atoms with Gasteiger partial charge in [-0.25, -0.2) is 0 Å². The fourth-order valence-electron chi connectivity index (χ4n) is 4.16. The molecule has 0 unspecified atom stereocenters. The minimum absolute atomic E-state index is 0.0299. The van der Waals surface area contributed by atoms with Crippen molar-refractivity contribution in [1.82, 2.24) is 4.98 Å². The summed E-state index contributed by atoms with van der Waals surface area (Å²) >= 11 is 0. The van der Waals surface area contributed by atoms with Gasteiger partial charge >= 0.3 is 0 Å². The number of nitrogens with two attached hydrogens (primary N) is 1. The Kier molecular flexibility index (Phi) is 4.43. The van der Waals surface area contributed by atoms with E-state index in [0.717, 1.165) is 39.8 Å². The molecule has 4 N–H and O–H groups in total. The molecule has 0 aliphatic carbocycles. The van der Waals surface area contributed by atoms with Crippen LogP contribution in [-0.2, 0) is 0 Å². The number of amides is 1. The number of carbonyl (C=O) groups is 1. The summed E-state index contributed by atoms with van der Waals surface area (Å²) in [6.45, 7) is 2.80. The summed E-state index contributed by atoms with van der Waals surface area (Å²) in [4.78, 5) is 18.5. The van der Waals surface area contributed by atoms with E-state index in [-0.39, 0.29) is 5.91 Å². The number of anilines is 3. The molecule has 0 saturated heterocycles. The first-order chi connectivity index (χ1) is 14.6. The van der Waals surface area contributed by atoms with Crippen molar-refractivity contribution < 1.29 is 4.79 Å². The van der Waals surface area contributed by atoms with Gasteiger partial charge in [0.15, 0.2) is 0 Å². The van der Waals surface area contributed by atoms with Gasteiger partial charge in [-0.05, 0) is 66.8 Å². The minimum Gasteiger partial charge on any atom is -0.398 e. The quantitative estimate of drug-likeness (QED) is 0.404. The summed E-state index contributed by atoms with van der Waals surface area (Å²) in [7, 11) is 0. The average molecular weight is 396 g/mol. The van der Waals surface area contributed by atoms with Gasteiger partial charge in [-0.3, -0.25) is 4.79 Å². The largest absolute Gasteiger partial charge is 0.398 e. The molecule has 30 heavy (non-hydrogen) atoms. The lowest BCUT2D eigenvalue weighted by Crippen LogP contribution is -2.32. The molecular weight excluding hydrogens is 372 g/mol. The van der Waals surface area contributed by atoms with Crippen LogP contribution in [0.4, 0.5) is 17.1 Å². The molecule has 1 amide bonds. The van der Waals surface area contributed by atoms with Gasteiger partial charge in [0.2, 0.25) is 0 Å². The SMILES string of the molecule is C[C@@H]1CCN(C(=O)c2ccc(-c3ccc4[nH]ccc4c3)c(N)c2)c2ccccc2N1. The number of nitrogens with one attached hydrogen (secondary N) is 2. The average Bonchev–Trinajstić information content (AvgIpc) is 3.15.